The maximum atomic E-state index is 4.71. The predicted molar refractivity (Wildman–Crippen MR) is 80.8 cm³/mol. The van der Waals surface area contributed by atoms with Gasteiger partial charge in [-0.3, -0.25) is 4.40 Å². The van der Waals surface area contributed by atoms with Gasteiger partial charge in [0, 0.05) is 30.2 Å². The van der Waals surface area contributed by atoms with Crippen molar-refractivity contribution < 1.29 is 0 Å². The summed E-state index contributed by atoms with van der Waals surface area (Å²) in [4.78, 5) is 5.83. The lowest BCUT2D eigenvalue weighted by Gasteiger charge is -2.20. The van der Waals surface area contributed by atoms with Gasteiger partial charge in [0.05, 0.1) is 5.69 Å². The third-order valence-corrected chi connectivity index (χ3v) is 4.95. The third-order valence-electron chi connectivity index (χ3n) is 4.18. The van der Waals surface area contributed by atoms with Crippen LogP contribution >= 0.6 is 11.3 Å². The van der Waals surface area contributed by atoms with E-state index < -0.39 is 0 Å². The van der Waals surface area contributed by atoms with Gasteiger partial charge < -0.3 is 5.32 Å². The lowest BCUT2D eigenvalue weighted by molar-refractivity contribution is 0.388. The van der Waals surface area contributed by atoms with Crippen LogP contribution in [0.3, 0.4) is 0 Å². The molecule has 3 nitrogen and oxygen atoms in total. The van der Waals surface area contributed by atoms with Gasteiger partial charge in [0.15, 0.2) is 4.96 Å². The molecule has 0 radical (unpaired) electrons. The van der Waals surface area contributed by atoms with Crippen LogP contribution in [-0.2, 0) is 6.42 Å². The largest absolute Gasteiger partial charge is 0.314 e. The van der Waals surface area contributed by atoms with Gasteiger partial charge in [-0.1, -0.05) is 32.6 Å². The minimum absolute atomic E-state index is 0.595. The van der Waals surface area contributed by atoms with Crippen LogP contribution in [0.5, 0.6) is 0 Å². The molecule has 0 aliphatic heterocycles. The molecule has 1 unspecified atom stereocenters. The molecule has 0 bridgehead atoms. The highest BCUT2D eigenvalue weighted by Gasteiger charge is 2.20. The molecular weight excluding hydrogens is 254 g/mol. The predicted octanol–water partition coefficient (Wildman–Crippen LogP) is 3.50. The molecule has 1 N–H and O–H groups in total. The molecule has 4 heteroatoms. The average Bonchev–Trinajstić information content (AvgIpc) is 3.05. The van der Waals surface area contributed by atoms with Gasteiger partial charge in [0.25, 0.3) is 0 Å². The maximum absolute atomic E-state index is 4.71. The van der Waals surface area contributed by atoms with Crippen LogP contribution in [0.4, 0.5) is 0 Å². The lowest BCUT2D eigenvalue weighted by atomic mass is 9.95. The summed E-state index contributed by atoms with van der Waals surface area (Å²) in [6, 6.07) is 0.595. The van der Waals surface area contributed by atoms with E-state index in [1.165, 1.54) is 37.8 Å². The molecule has 2 aromatic heterocycles. The first-order chi connectivity index (χ1) is 9.35. The van der Waals surface area contributed by atoms with Gasteiger partial charge in [-0.25, -0.2) is 4.98 Å². The summed E-state index contributed by atoms with van der Waals surface area (Å²) in [6.07, 6.45) is 12.4. The van der Waals surface area contributed by atoms with Gasteiger partial charge in [0.2, 0.25) is 0 Å². The summed E-state index contributed by atoms with van der Waals surface area (Å²) in [6.45, 7) is 3.26. The van der Waals surface area contributed by atoms with Crippen molar-refractivity contribution in [2.24, 2.45) is 5.92 Å². The molecule has 1 fully saturated rings. The van der Waals surface area contributed by atoms with E-state index >= 15 is 0 Å². The van der Waals surface area contributed by atoms with Gasteiger partial charge in [-0.2, -0.15) is 0 Å². The number of hydrogen-bond acceptors (Lipinski definition) is 3. The zero-order valence-corrected chi connectivity index (χ0v) is 12.5. The maximum Gasteiger partial charge on any atom is 0.193 e. The number of rotatable bonds is 6. The van der Waals surface area contributed by atoms with Crippen LogP contribution in [0, 0.1) is 5.92 Å². The Kier molecular flexibility index (Phi) is 4.18. The second-order valence-electron chi connectivity index (χ2n) is 5.67. The van der Waals surface area contributed by atoms with E-state index in [0.717, 1.165) is 23.8 Å². The fourth-order valence-electron chi connectivity index (χ4n) is 3.30. The number of fused-ring (bicyclic) bond motifs is 1. The Morgan fingerprint density at radius 3 is 3.05 bits per heavy atom. The summed E-state index contributed by atoms with van der Waals surface area (Å²) < 4.78 is 2.14. The van der Waals surface area contributed by atoms with Crippen LogP contribution in [-0.4, -0.2) is 22.0 Å². The van der Waals surface area contributed by atoms with Crippen molar-refractivity contribution in [3.8, 4) is 0 Å². The molecule has 1 saturated carbocycles. The Labute approximate surface area is 119 Å². The highest BCUT2D eigenvalue weighted by molar-refractivity contribution is 7.15. The quantitative estimate of drug-likeness (QED) is 0.875. The Bertz CT molecular complexity index is 482. The van der Waals surface area contributed by atoms with Crippen molar-refractivity contribution in [2.45, 2.75) is 51.5 Å². The Morgan fingerprint density at radius 2 is 2.32 bits per heavy atom. The lowest BCUT2D eigenvalue weighted by Crippen LogP contribution is -2.32. The van der Waals surface area contributed by atoms with E-state index in [0.29, 0.717) is 6.04 Å². The fourth-order valence-corrected chi connectivity index (χ4v) is 4.02. The van der Waals surface area contributed by atoms with E-state index in [4.69, 9.17) is 4.98 Å². The number of nitrogens with one attached hydrogen (secondary N) is 1. The monoisotopic (exact) mass is 277 g/mol. The van der Waals surface area contributed by atoms with Crippen molar-refractivity contribution in [3.63, 3.8) is 0 Å². The van der Waals surface area contributed by atoms with E-state index in [9.17, 15) is 0 Å². The molecular formula is C15H23N3S. The van der Waals surface area contributed by atoms with Crippen LogP contribution < -0.4 is 5.32 Å². The molecule has 0 aromatic carbocycles. The average molecular weight is 277 g/mol. The molecule has 1 aliphatic rings. The number of imidazole rings is 1. The van der Waals surface area contributed by atoms with Gasteiger partial charge >= 0.3 is 0 Å². The van der Waals surface area contributed by atoms with Crippen molar-refractivity contribution in [3.05, 3.63) is 23.5 Å². The molecule has 1 atom stereocenters. The molecule has 0 amide bonds. The van der Waals surface area contributed by atoms with Crippen LogP contribution in [0.1, 0.15) is 44.7 Å². The number of likely N-dealkylation sites (N-methyl/N-ethyl adjacent to an activating group) is 1. The van der Waals surface area contributed by atoms with Crippen molar-refractivity contribution in [1.29, 1.82) is 0 Å². The molecule has 2 heterocycles. The summed E-state index contributed by atoms with van der Waals surface area (Å²) in [5, 5.41) is 5.74. The second-order valence-corrected chi connectivity index (χ2v) is 6.54. The summed E-state index contributed by atoms with van der Waals surface area (Å²) in [5.41, 5.74) is 1.23. The van der Waals surface area contributed by atoms with E-state index in [1.807, 2.05) is 0 Å². The van der Waals surface area contributed by atoms with Crippen molar-refractivity contribution >= 4 is 16.3 Å². The first kappa shape index (κ1) is 13.1. The normalized spacial score (nSPS) is 18.4. The van der Waals surface area contributed by atoms with E-state index in [-0.39, 0.29) is 0 Å². The number of aromatic nitrogens is 2. The number of hydrogen-bond donors (Lipinski definition) is 1. The summed E-state index contributed by atoms with van der Waals surface area (Å²) in [5.74, 6) is 0.938. The minimum atomic E-state index is 0.595. The molecule has 0 spiro atoms. The van der Waals surface area contributed by atoms with E-state index in [1.54, 1.807) is 11.3 Å². The molecule has 104 valence electrons. The molecule has 1 aliphatic carbocycles. The Morgan fingerprint density at radius 1 is 1.47 bits per heavy atom. The Hall–Kier alpha value is -0.870. The topological polar surface area (TPSA) is 29.3 Å². The van der Waals surface area contributed by atoms with Crippen molar-refractivity contribution in [1.82, 2.24) is 14.7 Å². The standard InChI is InChI=1S/C15H23N3S/c1-2-16-13(9-12-5-3-4-6-12)10-14-11-18-7-8-19-15(18)17-14/h7-8,11-13,16H,2-6,9-10H2,1H3. The second kappa shape index (κ2) is 6.06. The highest BCUT2D eigenvalue weighted by Crippen LogP contribution is 2.29. The molecule has 2 aromatic rings. The number of nitrogens with zero attached hydrogens (tertiary/aromatic N) is 2. The van der Waals surface area contributed by atoms with E-state index in [2.05, 4.69) is 34.4 Å². The highest BCUT2D eigenvalue weighted by atomic mass is 32.1. The first-order valence-corrected chi connectivity index (χ1v) is 8.37. The first-order valence-electron chi connectivity index (χ1n) is 7.49. The molecule has 0 saturated heterocycles. The fraction of sp³-hybridized carbons (Fsp3) is 0.667. The van der Waals surface area contributed by atoms with Crippen LogP contribution in [0.2, 0.25) is 0 Å². The van der Waals surface area contributed by atoms with Crippen LogP contribution in [0.25, 0.3) is 4.96 Å². The van der Waals surface area contributed by atoms with Gasteiger partial charge in [-0.05, 0) is 18.9 Å². The summed E-state index contributed by atoms with van der Waals surface area (Å²) >= 11 is 1.71. The molecule has 19 heavy (non-hydrogen) atoms. The van der Waals surface area contributed by atoms with Gasteiger partial charge in [-0.15, -0.1) is 11.3 Å². The molecule has 3 rings (SSSR count). The Balaban J connectivity index is 1.64. The zero-order chi connectivity index (χ0) is 13.1. The minimum Gasteiger partial charge on any atom is -0.314 e. The number of thiazole rings is 1. The smallest absolute Gasteiger partial charge is 0.193 e. The summed E-state index contributed by atoms with van der Waals surface area (Å²) in [7, 11) is 0. The van der Waals surface area contributed by atoms with Crippen molar-refractivity contribution in [2.75, 3.05) is 6.54 Å². The zero-order valence-electron chi connectivity index (χ0n) is 11.6. The van der Waals surface area contributed by atoms with Gasteiger partial charge in [0.1, 0.15) is 0 Å². The van der Waals surface area contributed by atoms with Crippen LogP contribution in [0.15, 0.2) is 17.8 Å². The SMILES string of the molecule is CCNC(Cc1cn2ccsc2n1)CC1CCCC1. The third kappa shape index (κ3) is 3.18.